The molecule has 0 spiro atoms. The molecule has 180 valence electrons. The lowest BCUT2D eigenvalue weighted by Crippen LogP contribution is -2.53. The number of halogens is 1. The van der Waals surface area contributed by atoms with Crippen LogP contribution < -0.4 is 4.74 Å². The summed E-state index contributed by atoms with van der Waals surface area (Å²) in [4.78, 5) is 20.6. The Morgan fingerprint density at radius 3 is 2.45 bits per heavy atom. The number of aromatic nitrogens is 2. The summed E-state index contributed by atoms with van der Waals surface area (Å²) < 4.78 is 27.6. The van der Waals surface area contributed by atoms with E-state index in [0.29, 0.717) is 37.4 Å². The summed E-state index contributed by atoms with van der Waals surface area (Å²) in [6.45, 7) is 9.44. The molecule has 7 nitrogen and oxygen atoms in total. The van der Waals surface area contributed by atoms with Crippen LogP contribution in [0.15, 0.2) is 36.9 Å². The molecule has 2 heterocycles. The van der Waals surface area contributed by atoms with Gasteiger partial charge in [-0.1, -0.05) is 0 Å². The summed E-state index contributed by atoms with van der Waals surface area (Å²) in [6.07, 6.45) is 9.26. The van der Waals surface area contributed by atoms with Gasteiger partial charge in [0.2, 0.25) is 0 Å². The molecule has 0 radical (unpaired) electrons. The van der Waals surface area contributed by atoms with E-state index in [1.54, 1.807) is 29.4 Å². The second-order valence-corrected chi connectivity index (χ2v) is 10.1. The zero-order chi connectivity index (χ0) is 23.4. The van der Waals surface area contributed by atoms with E-state index in [1.807, 2.05) is 31.7 Å². The number of ether oxygens (including phenoxy) is 2. The summed E-state index contributed by atoms with van der Waals surface area (Å²) in [5.74, 6) is 0.397. The Morgan fingerprint density at radius 2 is 1.85 bits per heavy atom. The maximum atomic E-state index is 14.5. The number of amides is 1. The number of imidazole rings is 1. The molecule has 33 heavy (non-hydrogen) atoms. The first kappa shape index (κ1) is 23.5. The van der Waals surface area contributed by atoms with Crippen LogP contribution in [0, 0.1) is 11.7 Å². The summed E-state index contributed by atoms with van der Waals surface area (Å²) in [6, 6.07) is 5.56. The molecule has 8 heteroatoms. The van der Waals surface area contributed by atoms with Crippen molar-refractivity contribution < 1.29 is 18.7 Å². The van der Waals surface area contributed by atoms with E-state index in [2.05, 4.69) is 9.88 Å². The number of hydrogen-bond acceptors (Lipinski definition) is 5. The van der Waals surface area contributed by atoms with Crippen LogP contribution in [0.2, 0.25) is 0 Å². The molecular weight excluding hydrogens is 423 g/mol. The Labute approximate surface area is 195 Å². The molecule has 0 N–H and O–H groups in total. The van der Waals surface area contributed by atoms with Crippen molar-refractivity contribution in [3.63, 3.8) is 0 Å². The van der Waals surface area contributed by atoms with Crippen molar-refractivity contribution in [3.8, 4) is 11.4 Å². The average Bonchev–Trinajstić information content (AvgIpc) is 3.33. The fourth-order valence-corrected chi connectivity index (χ4v) is 4.66. The molecule has 0 unspecified atom stereocenters. The van der Waals surface area contributed by atoms with E-state index in [-0.39, 0.29) is 11.9 Å². The zero-order valence-electron chi connectivity index (χ0n) is 19.9. The SMILES string of the molecule is CC(C)(C)OC(=O)N1CCN(C2CCC(COc3ccc(-n4ccnc4)cc3F)CC2)CC1. The molecule has 2 fully saturated rings. The number of carbonyl (C=O) groups is 1. The molecule has 2 aliphatic rings. The third-order valence-corrected chi connectivity index (χ3v) is 6.49. The van der Waals surface area contributed by atoms with Crippen LogP contribution in [0.3, 0.4) is 0 Å². The Hall–Kier alpha value is -2.61. The minimum atomic E-state index is -0.459. The fraction of sp³-hybridized carbons (Fsp3) is 0.600. The van der Waals surface area contributed by atoms with Crippen molar-refractivity contribution in [3.05, 3.63) is 42.7 Å². The lowest BCUT2D eigenvalue weighted by atomic mass is 9.85. The van der Waals surface area contributed by atoms with Crippen molar-refractivity contribution in [2.45, 2.75) is 58.1 Å². The molecule has 1 saturated heterocycles. The van der Waals surface area contributed by atoms with Gasteiger partial charge in [0.1, 0.15) is 5.60 Å². The molecule has 2 aromatic rings. The van der Waals surface area contributed by atoms with Gasteiger partial charge < -0.3 is 18.9 Å². The number of carbonyl (C=O) groups excluding carboxylic acids is 1. The van der Waals surface area contributed by atoms with Gasteiger partial charge in [0.15, 0.2) is 11.6 Å². The van der Waals surface area contributed by atoms with Crippen LogP contribution >= 0.6 is 0 Å². The molecule has 1 aromatic carbocycles. The third kappa shape index (κ3) is 6.25. The highest BCUT2D eigenvalue weighted by molar-refractivity contribution is 5.68. The van der Waals surface area contributed by atoms with Gasteiger partial charge in [-0.05, 0) is 64.5 Å². The standard InChI is InChI=1S/C25H35FN4O3/c1-25(2,3)33-24(31)29-14-12-28(13-15-29)20-6-4-19(5-7-20)17-32-23-9-8-21(16-22(23)26)30-11-10-27-18-30/h8-11,16,18-20H,4-7,12-15,17H2,1-3H3. The van der Waals surface area contributed by atoms with Gasteiger partial charge in [-0.2, -0.15) is 0 Å². The Bertz CT molecular complexity index is 912. The quantitative estimate of drug-likeness (QED) is 0.660. The van der Waals surface area contributed by atoms with Crippen LogP contribution in [0.1, 0.15) is 46.5 Å². The topological polar surface area (TPSA) is 59.8 Å². The number of benzene rings is 1. The summed E-state index contributed by atoms with van der Waals surface area (Å²) in [5, 5.41) is 0. The average molecular weight is 459 g/mol. The van der Waals surface area contributed by atoms with Crippen LogP contribution in [0.4, 0.5) is 9.18 Å². The van der Waals surface area contributed by atoms with E-state index >= 15 is 0 Å². The fourth-order valence-electron chi connectivity index (χ4n) is 4.66. The lowest BCUT2D eigenvalue weighted by Gasteiger charge is -2.42. The van der Waals surface area contributed by atoms with Gasteiger partial charge >= 0.3 is 6.09 Å². The van der Waals surface area contributed by atoms with Crippen LogP contribution in [-0.4, -0.2) is 69.9 Å². The van der Waals surface area contributed by atoms with E-state index < -0.39 is 5.60 Å². The predicted molar refractivity (Wildman–Crippen MR) is 124 cm³/mol. The summed E-state index contributed by atoms with van der Waals surface area (Å²) in [7, 11) is 0. The number of piperazine rings is 1. The highest BCUT2D eigenvalue weighted by Gasteiger charge is 2.31. The summed E-state index contributed by atoms with van der Waals surface area (Å²) in [5.41, 5.74) is 0.268. The molecule has 1 aromatic heterocycles. The first-order chi connectivity index (χ1) is 15.8. The van der Waals surface area contributed by atoms with Gasteiger partial charge in [-0.3, -0.25) is 4.90 Å². The molecule has 1 amide bonds. The van der Waals surface area contributed by atoms with E-state index in [4.69, 9.17) is 9.47 Å². The molecule has 1 aliphatic carbocycles. The first-order valence-electron chi connectivity index (χ1n) is 11.9. The molecule has 4 rings (SSSR count). The van der Waals surface area contributed by atoms with Gasteiger partial charge in [-0.15, -0.1) is 0 Å². The van der Waals surface area contributed by atoms with Crippen LogP contribution in [-0.2, 0) is 4.74 Å². The van der Waals surface area contributed by atoms with Crippen molar-refractivity contribution in [1.29, 1.82) is 0 Å². The smallest absolute Gasteiger partial charge is 0.410 e. The number of nitrogens with zero attached hydrogens (tertiary/aromatic N) is 4. The Morgan fingerprint density at radius 1 is 1.12 bits per heavy atom. The van der Waals surface area contributed by atoms with E-state index in [0.717, 1.165) is 44.5 Å². The largest absolute Gasteiger partial charge is 0.490 e. The normalized spacial score (nSPS) is 22.2. The lowest BCUT2D eigenvalue weighted by molar-refractivity contribution is 0.00652. The van der Waals surface area contributed by atoms with Gasteiger partial charge in [0.05, 0.1) is 12.9 Å². The monoisotopic (exact) mass is 458 g/mol. The maximum Gasteiger partial charge on any atom is 0.410 e. The predicted octanol–water partition coefficient (Wildman–Crippen LogP) is 4.50. The third-order valence-electron chi connectivity index (χ3n) is 6.49. The van der Waals surface area contributed by atoms with Gasteiger partial charge in [0, 0.05) is 56.4 Å². The second kappa shape index (κ2) is 10.1. The van der Waals surface area contributed by atoms with Gasteiger partial charge in [-0.25, -0.2) is 14.2 Å². The van der Waals surface area contributed by atoms with Gasteiger partial charge in [0.25, 0.3) is 0 Å². The number of hydrogen-bond donors (Lipinski definition) is 0. The van der Waals surface area contributed by atoms with Crippen LogP contribution in [0.5, 0.6) is 5.75 Å². The highest BCUT2D eigenvalue weighted by Crippen LogP contribution is 2.30. The Balaban J connectivity index is 1.19. The number of rotatable bonds is 5. The van der Waals surface area contributed by atoms with Crippen LogP contribution in [0.25, 0.3) is 5.69 Å². The molecule has 1 saturated carbocycles. The van der Waals surface area contributed by atoms with Crippen molar-refractivity contribution >= 4 is 6.09 Å². The first-order valence-corrected chi connectivity index (χ1v) is 11.9. The van der Waals surface area contributed by atoms with E-state index in [1.165, 1.54) is 6.07 Å². The minimum Gasteiger partial charge on any atom is -0.490 e. The van der Waals surface area contributed by atoms with Crippen molar-refractivity contribution in [2.24, 2.45) is 5.92 Å². The molecule has 1 aliphatic heterocycles. The second-order valence-electron chi connectivity index (χ2n) is 10.1. The Kier molecular flexibility index (Phi) is 7.22. The minimum absolute atomic E-state index is 0.215. The van der Waals surface area contributed by atoms with Crippen molar-refractivity contribution in [2.75, 3.05) is 32.8 Å². The highest BCUT2D eigenvalue weighted by atomic mass is 19.1. The van der Waals surface area contributed by atoms with E-state index in [9.17, 15) is 9.18 Å². The van der Waals surface area contributed by atoms with Crippen molar-refractivity contribution in [1.82, 2.24) is 19.4 Å². The maximum absolute atomic E-state index is 14.5. The molecule has 0 atom stereocenters. The zero-order valence-corrected chi connectivity index (χ0v) is 19.9. The molecule has 0 bridgehead atoms. The summed E-state index contributed by atoms with van der Waals surface area (Å²) >= 11 is 0. The molecular formula is C25H35FN4O3.